The summed E-state index contributed by atoms with van der Waals surface area (Å²) in [6, 6.07) is 3.56. The molecule has 1 aliphatic heterocycles. The molecule has 0 spiro atoms. The standard InChI is InChI=1S/C32H45N5O5/c1-9-23-17-19(4)24-13-12-22(20(5)27(24)34-23)14-15-32(7,8)31(42)35-26(18(2)3)28(38)33-21(6)29(39)37-16-10-11-25(36-37)30(40)41/h12-15,17-18,21,25-26,36H,9-11,16H2,1-8H3,(H,33,38)(H,35,42)(H,40,41)/b15-14+/t21-,25-,26-/m0/s1. The third-order valence-corrected chi connectivity index (χ3v) is 7.88. The maximum Gasteiger partial charge on any atom is 0.322 e. The predicted octanol–water partition coefficient (Wildman–Crippen LogP) is 3.68. The lowest BCUT2D eigenvalue weighted by atomic mass is 9.89. The summed E-state index contributed by atoms with van der Waals surface area (Å²) in [7, 11) is 0. The quantitative estimate of drug-likeness (QED) is 0.337. The molecule has 1 aliphatic rings. The minimum atomic E-state index is -1.03. The molecular formula is C32H45N5O5. The summed E-state index contributed by atoms with van der Waals surface area (Å²) in [6.45, 7) is 15.3. The number of carboxylic acid groups (broad SMARTS) is 1. The summed E-state index contributed by atoms with van der Waals surface area (Å²) >= 11 is 0. The molecule has 0 aliphatic carbocycles. The Hall–Kier alpha value is -3.79. The molecule has 10 heteroatoms. The van der Waals surface area contributed by atoms with Crippen molar-refractivity contribution in [1.82, 2.24) is 26.1 Å². The molecule has 2 aromatic rings. The monoisotopic (exact) mass is 579 g/mol. The van der Waals surface area contributed by atoms with Gasteiger partial charge in [0, 0.05) is 17.6 Å². The van der Waals surface area contributed by atoms with Crippen LogP contribution in [0.3, 0.4) is 0 Å². The Morgan fingerprint density at radius 1 is 1.17 bits per heavy atom. The highest BCUT2D eigenvalue weighted by Crippen LogP contribution is 2.27. The molecule has 3 amide bonds. The smallest absolute Gasteiger partial charge is 0.322 e. The fraction of sp³-hybridized carbons (Fsp3) is 0.531. The summed E-state index contributed by atoms with van der Waals surface area (Å²) in [6.07, 6.45) is 5.56. The molecular weight excluding hydrogens is 534 g/mol. The third kappa shape index (κ3) is 7.53. The van der Waals surface area contributed by atoms with Gasteiger partial charge in [-0.05, 0) is 82.6 Å². The molecule has 228 valence electrons. The van der Waals surface area contributed by atoms with Crippen LogP contribution >= 0.6 is 0 Å². The summed E-state index contributed by atoms with van der Waals surface area (Å²) in [4.78, 5) is 55.7. The first kappa shape index (κ1) is 32.7. The zero-order chi connectivity index (χ0) is 31.4. The lowest BCUT2D eigenvalue weighted by Crippen LogP contribution is -2.61. The predicted molar refractivity (Wildman–Crippen MR) is 163 cm³/mol. The van der Waals surface area contributed by atoms with E-state index in [1.165, 1.54) is 10.6 Å². The number of hydrogen-bond donors (Lipinski definition) is 4. The van der Waals surface area contributed by atoms with E-state index in [0.717, 1.165) is 34.1 Å². The Morgan fingerprint density at radius 3 is 2.48 bits per heavy atom. The number of carbonyl (C=O) groups excluding carboxylic acids is 3. The van der Waals surface area contributed by atoms with E-state index in [1.54, 1.807) is 20.8 Å². The van der Waals surface area contributed by atoms with E-state index in [9.17, 15) is 24.3 Å². The van der Waals surface area contributed by atoms with Crippen molar-refractivity contribution < 1.29 is 24.3 Å². The molecule has 3 atom stereocenters. The van der Waals surface area contributed by atoms with Gasteiger partial charge in [-0.3, -0.25) is 29.2 Å². The van der Waals surface area contributed by atoms with Crippen LogP contribution < -0.4 is 16.1 Å². The highest BCUT2D eigenvalue weighted by atomic mass is 16.4. The van der Waals surface area contributed by atoms with E-state index in [-0.39, 0.29) is 11.8 Å². The van der Waals surface area contributed by atoms with Gasteiger partial charge in [-0.25, -0.2) is 5.43 Å². The van der Waals surface area contributed by atoms with Crippen LogP contribution in [0.5, 0.6) is 0 Å². The summed E-state index contributed by atoms with van der Waals surface area (Å²) in [5, 5.41) is 17.2. The zero-order valence-corrected chi connectivity index (χ0v) is 26.0. The van der Waals surface area contributed by atoms with Crippen molar-refractivity contribution in [2.24, 2.45) is 11.3 Å². The number of benzene rings is 1. The molecule has 1 aromatic carbocycles. The van der Waals surface area contributed by atoms with E-state index in [1.807, 2.05) is 39.0 Å². The highest BCUT2D eigenvalue weighted by Gasteiger charge is 2.34. The third-order valence-electron chi connectivity index (χ3n) is 7.88. The average molecular weight is 580 g/mol. The van der Waals surface area contributed by atoms with Gasteiger partial charge < -0.3 is 15.7 Å². The van der Waals surface area contributed by atoms with Crippen molar-refractivity contribution in [3.05, 3.63) is 46.7 Å². The molecule has 2 heterocycles. The molecule has 0 saturated carbocycles. The van der Waals surface area contributed by atoms with Gasteiger partial charge in [-0.15, -0.1) is 0 Å². The van der Waals surface area contributed by atoms with Crippen molar-refractivity contribution in [1.29, 1.82) is 0 Å². The maximum absolute atomic E-state index is 13.4. The summed E-state index contributed by atoms with van der Waals surface area (Å²) in [5.41, 5.74) is 6.95. The normalized spacial score (nSPS) is 17.4. The van der Waals surface area contributed by atoms with E-state index < -0.39 is 41.3 Å². The summed E-state index contributed by atoms with van der Waals surface area (Å²) in [5.74, 6) is -2.52. The second-order valence-corrected chi connectivity index (χ2v) is 12.1. The maximum atomic E-state index is 13.4. The van der Waals surface area contributed by atoms with Gasteiger partial charge >= 0.3 is 5.97 Å². The van der Waals surface area contributed by atoms with Crippen LogP contribution in [0.25, 0.3) is 17.0 Å². The SMILES string of the molecule is CCc1cc(C)c2ccc(/C=C/C(C)(C)C(=O)N[C@H](C(=O)N[C@@H](C)C(=O)N3CCC[C@@H](C(=O)O)N3)C(C)C)c(C)c2n1. The van der Waals surface area contributed by atoms with Gasteiger partial charge in [-0.1, -0.05) is 45.1 Å². The molecule has 1 aromatic heterocycles. The number of aliphatic carboxylic acids is 1. The number of nitrogens with one attached hydrogen (secondary N) is 3. The van der Waals surface area contributed by atoms with E-state index in [0.29, 0.717) is 19.4 Å². The van der Waals surface area contributed by atoms with Crippen LogP contribution in [0, 0.1) is 25.2 Å². The van der Waals surface area contributed by atoms with E-state index in [4.69, 9.17) is 4.98 Å². The number of nitrogens with zero attached hydrogens (tertiary/aromatic N) is 2. The number of aryl methyl sites for hydroxylation is 3. The Labute approximate surface area is 248 Å². The molecule has 0 unspecified atom stereocenters. The fourth-order valence-corrected chi connectivity index (χ4v) is 5.00. The van der Waals surface area contributed by atoms with Gasteiger partial charge in [0.1, 0.15) is 18.1 Å². The van der Waals surface area contributed by atoms with E-state index in [2.05, 4.69) is 42.0 Å². The van der Waals surface area contributed by atoms with Crippen LogP contribution in [0.2, 0.25) is 0 Å². The minimum Gasteiger partial charge on any atom is -0.480 e. The molecule has 10 nitrogen and oxygen atoms in total. The number of amides is 3. The number of fused-ring (bicyclic) bond motifs is 1. The second kappa shape index (κ2) is 13.5. The number of aromatic nitrogens is 1. The highest BCUT2D eigenvalue weighted by molar-refractivity contribution is 5.94. The van der Waals surface area contributed by atoms with Crippen molar-refractivity contribution >= 4 is 40.7 Å². The topological polar surface area (TPSA) is 141 Å². The second-order valence-electron chi connectivity index (χ2n) is 12.1. The van der Waals surface area contributed by atoms with Gasteiger partial charge in [0.2, 0.25) is 11.8 Å². The molecule has 42 heavy (non-hydrogen) atoms. The number of hydrogen-bond acceptors (Lipinski definition) is 6. The van der Waals surface area contributed by atoms with Gasteiger partial charge in [-0.2, -0.15) is 0 Å². The molecule has 3 rings (SSSR count). The lowest BCUT2D eigenvalue weighted by molar-refractivity contribution is -0.148. The van der Waals surface area contributed by atoms with E-state index >= 15 is 0 Å². The van der Waals surface area contributed by atoms with Gasteiger partial charge in [0.25, 0.3) is 5.91 Å². The van der Waals surface area contributed by atoms with Crippen LogP contribution in [0.1, 0.15) is 76.8 Å². The van der Waals surface area contributed by atoms with Crippen LogP contribution in [0.4, 0.5) is 0 Å². The largest absolute Gasteiger partial charge is 0.480 e. The van der Waals surface area contributed by atoms with Crippen molar-refractivity contribution in [2.75, 3.05) is 6.54 Å². The molecule has 0 bridgehead atoms. The average Bonchev–Trinajstić information content (AvgIpc) is 2.94. The fourth-order valence-electron chi connectivity index (χ4n) is 5.00. The molecule has 1 saturated heterocycles. The molecule has 0 radical (unpaired) electrons. The number of hydrazine groups is 1. The number of carbonyl (C=O) groups is 4. The summed E-state index contributed by atoms with van der Waals surface area (Å²) < 4.78 is 0. The zero-order valence-electron chi connectivity index (χ0n) is 26.0. The first-order valence-electron chi connectivity index (χ1n) is 14.7. The van der Waals surface area contributed by atoms with Crippen LogP contribution in [-0.2, 0) is 25.6 Å². The van der Waals surface area contributed by atoms with Crippen LogP contribution in [-0.4, -0.2) is 63.5 Å². The van der Waals surface area contributed by atoms with Crippen molar-refractivity contribution in [2.45, 2.75) is 92.8 Å². The Morgan fingerprint density at radius 2 is 1.86 bits per heavy atom. The number of carboxylic acids is 1. The first-order valence-corrected chi connectivity index (χ1v) is 14.7. The first-order chi connectivity index (χ1) is 19.7. The number of rotatable bonds is 10. The van der Waals surface area contributed by atoms with Gasteiger partial charge in [0.15, 0.2) is 0 Å². The van der Waals surface area contributed by atoms with Gasteiger partial charge in [0.05, 0.1) is 10.9 Å². The minimum absolute atomic E-state index is 0.245. The lowest BCUT2D eigenvalue weighted by Gasteiger charge is -2.34. The Balaban J connectivity index is 1.70. The van der Waals surface area contributed by atoms with Crippen molar-refractivity contribution in [3.8, 4) is 0 Å². The van der Waals surface area contributed by atoms with Crippen LogP contribution in [0.15, 0.2) is 24.3 Å². The Kier molecular flexibility index (Phi) is 10.5. The molecule has 4 N–H and O–H groups in total. The number of pyridine rings is 1. The van der Waals surface area contributed by atoms with Crippen molar-refractivity contribution in [3.63, 3.8) is 0 Å². The Bertz CT molecular complexity index is 1380. The molecule has 1 fully saturated rings.